The van der Waals surface area contributed by atoms with Crippen LogP contribution in [0.2, 0.25) is 0 Å². The summed E-state index contributed by atoms with van der Waals surface area (Å²) in [6.45, 7) is 6.01. The second-order valence-corrected chi connectivity index (χ2v) is 9.02. The van der Waals surface area contributed by atoms with Gasteiger partial charge in [-0.2, -0.15) is 9.61 Å². The first-order valence-electron chi connectivity index (χ1n) is 8.12. The molecule has 1 amide bonds. The third-order valence-electron chi connectivity index (χ3n) is 3.28. The maximum atomic E-state index is 12.2. The van der Waals surface area contributed by atoms with Crippen molar-refractivity contribution in [2.45, 2.75) is 49.6 Å². The number of hydrogen-bond donors (Lipinski definition) is 1. The Morgan fingerprint density at radius 1 is 1.35 bits per heavy atom. The Hall–Kier alpha value is -1.85. The minimum atomic E-state index is -0.182. The summed E-state index contributed by atoms with van der Waals surface area (Å²) in [7, 11) is 0. The molecule has 0 spiro atoms. The number of anilines is 1. The molecule has 3 heterocycles. The molecule has 3 rings (SSSR count). The molecule has 0 aliphatic heterocycles. The summed E-state index contributed by atoms with van der Waals surface area (Å²) in [5, 5.41) is 16.4. The van der Waals surface area contributed by atoms with E-state index < -0.39 is 0 Å². The van der Waals surface area contributed by atoms with Gasteiger partial charge in [0, 0.05) is 24.2 Å². The van der Waals surface area contributed by atoms with Crippen LogP contribution in [-0.2, 0) is 10.5 Å². The van der Waals surface area contributed by atoms with Crippen LogP contribution in [0.15, 0.2) is 15.2 Å². The second kappa shape index (κ2) is 8.23. The SMILES string of the molecule is CCCC(=O)Nc1nnc(SCc2cc(=O)n3nc(C(C)C)sc3n2)s1. The first-order chi connectivity index (χ1) is 12.5. The lowest BCUT2D eigenvalue weighted by atomic mass is 10.2. The summed E-state index contributed by atoms with van der Waals surface area (Å²) in [6, 6.07) is 1.49. The monoisotopic (exact) mass is 410 g/mol. The molecule has 3 aromatic rings. The van der Waals surface area contributed by atoms with Gasteiger partial charge in [0.2, 0.25) is 16.0 Å². The fraction of sp³-hybridized carbons (Fsp3) is 0.467. The quantitative estimate of drug-likeness (QED) is 0.471. The maximum absolute atomic E-state index is 12.2. The number of thioether (sulfide) groups is 1. The van der Waals surface area contributed by atoms with Crippen LogP contribution in [0.1, 0.15) is 50.2 Å². The van der Waals surface area contributed by atoms with E-state index in [1.54, 1.807) is 0 Å². The molecule has 8 nitrogen and oxygen atoms in total. The normalized spacial score (nSPS) is 11.4. The van der Waals surface area contributed by atoms with Crippen molar-refractivity contribution in [2.24, 2.45) is 0 Å². The average molecular weight is 411 g/mol. The molecule has 11 heteroatoms. The van der Waals surface area contributed by atoms with E-state index in [-0.39, 0.29) is 17.4 Å². The van der Waals surface area contributed by atoms with Gasteiger partial charge in [-0.1, -0.05) is 55.2 Å². The van der Waals surface area contributed by atoms with Crippen LogP contribution in [0, 0.1) is 0 Å². The molecule has 0 unspecified atom stereocenters. The molecule has 0 atom stereocenters. The van der Waals surface area contributed by atoms with Gasteiger partial charge in [-0.3, -0.25) is 9.59 Å². The van der Waals surface area contributed by atoms with Gasteiger partial charge >= 0.3 is 0 Å². The second-order valence-electron chi connectivity index (χ2n) is 5.84. The maximum Gasteiger partial charge on any atom is 0.275 e. The fourth-order valence-electron chi connectivity index (χ4n) is 2.04. The van der Waals surface area contributed by atoms with Crippen LogP contribution in [0.3, 0.4) is 0 Å². The van der Waals surface area contributed by atoms with Crippen molar-refractivity contribution >= 4 is 50.4 Å². The molecule has 0 radical (unpaired) electrons. The Morgan fingerprint density at radius 2 is 2.15 bits per heavy atom. The lowest BCUT2D eigenvalue weighted by molar-refractivity contribution is -0.116. The number of nitrogens with one attached hydrogen (secondary N) is 1. The zero-order chi connectivity index (χ0) is 18.7. The molecule has 0 aliphatic carbocycles. The molecule has 0 aromatic carbocycles. The number of nitrogens with zero attached hydrogens (tertiary/aromatic N) is 5. The number of amides is 1. The van der Waals surface area contributed by atoms with Gasteiger partial charge < -0.3 is 5.32 Å². The van der Waals surface area contributed by atoms with E-state index in [1.807, 2.05) is 20.8 Å². The number of hydrogen-bond acceptors (Lipinski definition) is 9. The largest absolute Gasteiger partial charge is 0.301 e. The predicted octanol–water partition coefficient (Wildman–Crippen LogP) is 3.16. The average Bonchev–Trinajstić information content (AvgIpc) is 3.20. The van der Waals surface area contributed by atoms with Gasteiger partial charge in [0.25, 0.3) is 5.56 Å². The number of carbonyl (C=O) groups excluding carboxylic acids is 1. The minimum absolute atomic E-state index is 0.0634. The topological polar surface area (TPSA) is 102 Å². The lowest BCUT2D eigenvalue weighted by Gasteiger charge is -1.98. The zero-order valence-electron chi connectivity index (χ0n) is 14.6. The van der Waals surface area contributed by atoms with Crippen LogP contribution in [0.4, 0.5) is 5.13 Å². The molecular formula is C15H18N6O2S3. The van der Waals surface area contributed by atoms with Gasteiger partial charge in [0.05, 0.1) is 5.69 Å². The molecular weight excluding hydrogens is 392 g/mol. The highest BCUT2D eigenvalue weighted by Crippen LogP contribution is 2.28. The van der Waals surface area contributed by atoms with E-state index in [0.29, 0.717) is 32.3 Å². The summed E-state index contributed by atoms with van der Waals surface area (Å²) >= 11 is 4.17. The lowest BCUT2D eigenvalue weighted by Crippen LogP contribution is -2.15. The van der Waals surface area contributed by atoms with Crippen molar-refractivity contribution in [3.05, 3.63) is 27.1 Å². The molecule has 0 saturated heterocycles. The molecule has 3 aromatic heterocycles. The van der Waals surface area contributed by atoms with Gasteiger partial charge in [0.15, 0.2) is 4.34 Å². The van der Waals surface area contributed by atoms with Crippen LogP contribution < -0.4 is 10.9 Å². The Balaban J connectivity index is 1.69. The summed E-state index contributed by atoms with van der Waals surface area (Å²) in [5.41, 5.74) is 0.490. The number of rotatable bonds is 7. The van der Waals surface area contributed by atoms with Gasteiger partial charge in [0.1, 0.15) is 5.01 Å². The highest BCUT2D eigenvalue weighted by Gasteiger charge is 2.13. The number of fused-ring (bicyclic) bond motifs is 1. The number of aromatic nitrogens is 5. The molecule has 0 bridgehead atoms. The Bertz CT molecular complexity index is 977. The summed E-state index contributed by atoms with van der Waals surface area (Å²) in [6.07, 6.45) is 1.25. The van der Waals surface area contributed by atoms with Crippen molar-refractivity contribution in [3.63, 3.8) is 0 Å². The molecule has 0 aliphatic rings. The minimum Gasteiger partial charge on any atom is -0.301 e. The third-order valence-corrected chi connectivity index (χ3v) is 6.50. The number of carbonyl (C=O) groups is 1. The van der Waals surface area contributed by atoms with E-state index in [2.05, 4.69) is 25.6 Å². The van der Waals surface area contributed by atoms with E-state index in [4.69, 9.17) is 0 Å². The highest BCUT2D eigenvalue weighted by atomic mass is 32.2. The van der Waals surface area contributed by atoms with E-state index in [0.717, 1.165) is 11.4 Å². The Morgan fingerprint density at radius 3 is 2.88 bits per heavy atom. The summed E-state index contributed by atoms with van der Waals surface area (Å²) < 4.78 is 2.06. The van der Waals surface area contributed by atoms with Crippen molar-refractivity contribution in [2.75, 3.05) is 5.32 Å². The van der Waals surface area contributed by atoms with Gasteiger partial charge in [-0.05, 0) is 6.42 Å². The van der Waals surface area contributed by atoms with Gasteiger partial charge in [-0.15, -0.1) is 10.2 Å². The Labute approximate surface area is 162 Å². The van der Waals surface area contributed by atoms with Crippen LogP contribution in [0.25, 0.3) is 4.96 Å². The first-order valence-corrected chi connectivity index (χ1v) is 10.7. The fourth-order valence-corrected chi connectivity index (χ4v) is 4.63. The van der Waals surface area contributed by atoms with Crippen molar-refractivity contribution < 1.29 is 4.79 Å². The molecule has 138 valence electrons. The van der Waals surface area contributed by atoms with Crippen LogP contribution in [0.5, 0.6) is 0 Å². The molecule has 0 saturated carbocycles. The van der Waals surface area contributed by atoms with Crippen LogP contribution >= 0.6 is 34.4 Å². The summed E-state index contributed by atoms with van der Waals surface area (Å²) in [4.78, 5) is 28.9. The van der Waals surface area contributed by atoms with Crippen LogP contribution in [-0.4, -0.2) is 30.7 Å². The van der Waals surface area contributed by atoms with Crippen molar-refractivity contribution in [3.8, 4) is 0 Å². The smallest absolute Gasteiger partial charge is 0.275 e. The highest BCUT2D eigenvalue weighted by molar-refractivity contribution is 8.00. The first kappa shape index (κ1) is 18.9. The molecule has 0 fully saturated rings. The zero-order valence-corrected chi connectivity index (χ0v) is 17.0. The predicted molar refractivity (Wildman–Crippen MR) is 104 cm³/mol. The summed E-state index contributed by atoms with van der Waals surface area (Å²) in [5.74, 6) is 0.686. The van der Waals surface area contributed by atoms with Gasteiger partial charge in [-0.25, -0.2) is 4.98 Å². The standard InChI is InChI=1S/C15H18N6O2S3/c1-4-5-10(22)17-13-18-19-15(26-13)24-7-9-6-11(23)21-14(16-9)25-12(20-21)8(2)3/h6,8H,4-5,7H2,1-3H3,(H,17,18,22). The third kappa shape index (κ3) is 4.46. The van der Waals surface area contributed by atoms with Crippen molar-refractivity contribution in [1.29, 1.82) is 0 Å². The van der Waals surface area contributed by atoms with Crippen molar-refractivity contribution in [1.82, 2.24) is 24.8 Å². The van der Waals surface area contributed by atoms with E-state index >= 15 is 0 Å². The molecule has 1 N–H and O–H groups in total. The van der Waals surface area contributed by atoms with E-state index in [9.17, 15) is 9.59 Å². The molecule has 26 heavy (non-hydrogen) atoms. The Kier molecular flexibility index (Phi) is 5.99. The van der Waals surface area contributed by atoms with E-state index in [1.165, 1.54) is 45.0 Å².